The van der Waals surface area contributed by atoms with Gasteiger partial charge in [-0.15, -0.1) is 0 Å². The minimum Gasteiger partial charge on any atom is -0.454 e. The summed E-state index contributed by atoms with van der Waals surface area (Å²) in [4.78, 5) is 24.1. The van der Waals surface area contributed by atoms with E-state index in [0.717, 1.165) is 11.1 Å². The van der Waals surface area contributed by atoms with Crippen LogP contribution in [0.5, 0.6) is 11.5 Å². The molecule has 1 atom stereocenters. The Kier molecular flexibility index (Phi) is 4.88. The van der Waals surface area contributed by atoms with Gasteiger partial charge in [0.15, 0.2) is 11.5 Å². The molecular formula is C19H20N2O4. The molecule has 0 bridgehead atoms. The Morgan fingerprint density at radius 1 is 1.12 bits per heavy atom. The number of carbonyl (C=O) groups is 2. The minimum atomic E-state index is -0.269. The van der Waals surface area contributed by atoms with Crippen molar-refractivity contribution in [1.29, 1.82) is 0 Å². The van der Waals surface area contributed by atoms with Crippen molar-refractivity contribution in [3.8, 4) is 11.5 Å². The van der Waals surface area contributed by atoms with E-state index in [0.29, 0.717) is 17.1 Å². The van der Waals surface area contributed by atoms with Gasteiger partial charge in [-0.25, -0.2) is 0 Å². The van der Waals surface area contributed by atoms with E-state index in [1.165, 1.54) is 0 Å². The summed E-state index contributed by atoms with van der Waals surface area (Å²) >= 11 is 0. The third-order valence-electron chi connectivity index (χ3n) is 3.96. The van der Waals surface area contributed by atoms with Gasteiger partial charge in [-0.1, -0.05) is 23.8 Å². The van der Waals surface area contributed by atoms with Gasteiger partial charge in [0.05, 0.1) is 12.6 Å². The molecule has 6 heteroatoms. The Bertz CT molecular complexity index is 804. The molecule has 2 amide bonds. The number of rotatable bonds is 5. The normalized spacial score (nSPS) is 13.2. The predicted octanol–water partition coefficient (Wildman–Crippen LogP) is 2.33. The van der Waals surface area contributed by atoms with E-state index in [1.807, 2.05) is 44.2 Å². The van der Waals surface area contributed by atoms with Crippen molar-refractivity contribution >= 4 is 11.8 Å². The van der Waals surface area contributed by atoms with Crippen LogP contribution in [0.3, 0.4) is 0 Å². The van der Waals surface area contributed by atoms with Crippen molar-refractivity contribution in [3.63, 3.8) is 0 Å². The molecule has 2 aromatic rings. The molecule has 1 heterocycles. The molecule has 3 rings (SSSR count). The third-order valence-corrected chi connectivity index (χ3v) is 3.96. The zero-order chi connectivity index (χ0) is 17.8. The van der Waals surface area contributed by atoms with Gasteiger partial charge in [0.1, 0.15) is 0 Å². The van der Waals surface area contributed by atoms with Crippen molar-refractivity contribution in [2.24, 2.45) is 0 Å². The lowest BCUT2D eigenvalue weighted by Crippen LogP contribution is -2.38. The Labute approximate surface area is 146 Å². The summed E-state index contributed by atoms with van der Waals surface area (Å²) in [5, 5.41) is 5.48. The highest BCUT2D eigenvalue weighted by molar-refractivity contribution is 5.96. The van der Waals surface area contributed by atoms with Crippen molar-refractivity contribution in [3.05, 3.63) is 59.2 Å². The first kappa shape index (κ1) is 16.8. The average Bonchev–Trinajstić information content (AvgIpc) is 3.07. The molecule has 0 saturated heterocycles. The van der Waals surface area contributed by atoms with Crippen LogP contribution in [-0.2, 0) is 4.79 Å². The molecule has 0 spiro atoms. The molecular weight excluding hydrogens is 320 g/mol. The number of hydrogen-bond acceptors (Lipinski definition) is 4. The molecule has 0 saturated carbocycles. The van der Waals surface area contributed by atoms with Crippen molar-refractivity contribution in [1.82, 2.24) is 10.6 Å². The number of hydrogen-bond donors (Lipinski definition) is 2. The van der Waals surface area contributed by atoms with E-state index in [4.69, 9.17) is 9.47 Å². The maximum absolute atomic E-state index is 12.1. The van der Waals surface area contributed by atoms with Crippen LogP contribution in [-0.4, -0.2) is 25.2 Å². The van der Waals surface area contributed by atoms with Crippen LogP contribution in [0.25, 0.3) is 0 Å². The lowest BCUT2D eigenvalue weighted by atomic mass is 10.1. The van der Waals surface area contributed by atoms with Crippen LogP contribution < -0.4 is 20.1 Å². The predicted molar refractivity (Wildman–Crippen MR) is 92.6 cm³/mol. The van der Waals surface area contributed by atoms with E-state index in [1.54, 1.807) is 12.1 Å². The second kappa shape index (κ2) is 7.25. The fourth-order valence-electron chi connectivity index (χ4n) is 2.61. The molecule has 1 unspecified atom stereocenters. The van der Waals surface area contributed by atoms with Gasteiger partial charge in [0.2, 0.25) is 12.7 Å². The third kappa shape index (κ3) is 4.09. The maximum atomic E-state index is 12.1. The highest BCUT2D eigenvalue weighted by Gasteiger charge is 2.17. The molecule has 2 N–H and O–H groups in total. The number of amides is 2. The largest absolute Gasteiger partial charge is 0.454 e. The number of ether oxygens (including phenoxy) is 2. The molecule has 0 fully saturated rings. The standard InChI is InChI=1S/C19H20N2O4/c1-12-4-3-5-15(8-12)19(23)20-10-18(22)21-13(2)14-6-7-16-17(9-14)25-11-24-16/h3-9,13H,10-11H2,1-2H3,(H,20,23)(H,21,22). The molecule has 2 aromatic carbocycles. The highest BCUT2D eigenvalue weighted by atomic mass is 16.7. The molecule has 25 heavy (non-hydrogen) atoms. The van der Waals surface area contributed by atoms with E-state index in [9.17, 15) is 9.59 Å². The molecule has 1 aliphatic rings. The fourth-order valence-corrected chi connectivity index (χ4v) is 2.61. The Hall–Kier alpha value is -3.02. The molecule has 6 nitrogen and oxygen atoms in total. The lowest BCUT2D eigenvalue weighted by molar-refractivity contribution is -0.120. The van der Waals surface area contributed by atoms with Crippen molar-refractivity contribution < 1.29 is 19.1 Å². The summed E-state index contributed by atoms with van der Waals surface area (Å²) in [5.41, 5.74) is 2.44. The topological polar surface area (TPSA) is 76.7 Å². The maximum Gasteiger partial charge on any atom is 0.251 e. The zero-order valence-corrected chi connectivity index (χ0v) is 14.2. The van der Waals surface area contributed by atoms with Gasteiger partial charge in [-0.05, 0) is 43.7 Å². The molecule has 0 radical (unpaired) electrons. The smallest absolute Gasteiger partial charge is 0.251 e. The summed E-state index contributed by atoms with van der Waals surface area (Å²) < 4.78 is 10.6. The summed E-state index contributed by atoms with van der Waals surface area (Å²) in [6, 6.07) is 12.6. The van der Waals surface area contributed by atoms with Crippen LogP contribution in [0.15, 0.2) is 42.5 Å². The van der Waals surface area contributed by atoms with Crippen LogP contribution in [0.1, 0.15) is 34.5 Å². The second-order valence-corrected chi connectivity index (χ2v) is 5.95. The van der Waals surface area contributed by atoms with E-state index in [-0.39, 0.29) is 31.2 Å². The van der Waals surface area contributed by atoms with Crippen LogP contribution in [0.4, 0.5) is 0 Å². The molecule has 0 aromatic heterocycles. The minimum absolute atomic E-state index is 0.0817. The molecule has 130 valence electrons. The van der Waals surface area contributed by atoms with Crippen LogP contribution in [0.2, 0.25) is 0 Å². The quantitative estimate of drug-likeness (QED) is 0.876. The SMILES string of the molecule is Cc1cccc(C(=O)NCC(=O)NC(C)c2ccc3c(c2)OCO3)c1. The van der Waals surface area contributed by atoms with Crippen molar-refractivity contribution in [2.45, 2.75) is 19.9 Å². The number of carbonyl (C=O) groups excluding carboxylic acids is 2. The fraction of sp³-hybridized carbons (Fsp3) is 0.263. The average molecular weight is 340 g/mol. The van der Waals surface area contributed by atoms with Gasteiger partial charge in [0.25, 0.3) is 5.91 Å². The Morgan fingerprint density at radius 2 is 1.92 bits per heavy atom. The Morgan fingerprint density at radius 3 is 2.72 bits per heavy atom. The van der Waals surface area contributed by atoms with Gasteiger partial charge in [0, 0.05) is 5.56 Å². The lowest BCUT2D eigenvalue weighted by Gasteiger charge is -2.15. The number of nitrogens with one attached hydrogen (secondary N) is 2. The van der Waals surface area contributed by atoms with E-state index in [2.05, 4.69) is 10.6 Å². The number of fused-ring (bicyclic) bond motifs is 1. The summed E-state index contributed by atoms with van der Waals surface area (Å²) in [6.45, 7) is 3.92. The highest BCUT2D eigenvalue weighted by Crippen LogP contribution is 2.34. The van der Waals surface area contributed by atoms with Crippen molar-refractivity contribution in [2.75, 3.05) is 13.3 Å². The first-order valence-electron chi connectivity index (χ1n) is 8.07. The van der Waals surface area contributed by atoms with Crippen LogP contribution >= 0.6 is 0 Å². The second-order valence-electron chi connectivity index (χ2n) is 5.95. The molecule has 1 aliphatic heterocycles. The summed E-state index contributed by atoms with van der Waals surface area (Å²) in [7, 11) is 0. The monoisotopic (exact) mass is 340 g/mol. The summed E-state index contributed by atoms with van der Waals surface area (Å²) in [6.07, 6.45) is 0. The van der Waals surface area contributed by atoms with Crippen LogP contribution in [0, 0.1) is 6.92 Å². The van der Waals surface area contributed by atoms with Gasteiger partial charge < -0.3 is 20.1 Å². The Balaban J connectivity index is 1.53. The van der Waals surface area contributed by atoms with Gasteiger partial charge in [-0.3, -0.25) is 9.59 Å². The van der Waals surface area contributed by atoms with E-state index < -0.39 is 0 Å². The first-order chi connectivity index (χ1) is 12.0. The molecule has 0 aliphatic carbocycles. The number of benzene rings is 2. The first-order valence-corrected chi connectivity index (χ1v) is 8.07. The number of aryl methyl sites for hydroxylation is 1. The van der Waals surface area contributed by atoms with Gasteiger partial charge >= 0.3 is 0 Å². The zero-order valence-electron chi connectivity index (χ0n) is 14.2. The summed E-state index contributed by atoms with van der Waals surface area (Å²) in [5.74, 6) is 0.847. The van der Waals surface area contributed by atoms with E-state index >= 15 is 0 Å². The van der Waals surface area contributed by atoms with Gasteiger partial charge in [-0.2, -0.15) is 0 Å².